The van der Waals surface area contributed by atoms with E-state index in [1.54, 1.807) is 31.2 Å². The molecule has 0 atom stereocenters. The van der Waals surface area contributed by atoms with E-state index in [4.69, 9.17) is 5.11 Å². The van der Waals surface area contributed by atoms with Crippen LogP contribution in [0.1, 0.15) is 6.92 Å². The Labute approximate surface area is 49.7 Å². The van der Waals surface area contributed by atoms with Crippen LogP contribution in [0.25, 0.3) is 0 Å². The van der Waals surface area contributed by atoms with Crippen molar-refractivity contribution in [3.05, 3.63) is 36.6 Å². The third-order valence-corrected chi connectivity index (χ3v) is 0.585. The Bertz CT molecular complexity index is 116. The molecule has 1 heteroatoms. The summed E-state index contributed by atoms with van der Waals surface area (Å²) in [5.41, 5.74) is 0. The summed E-state index contributed by atoms with van der Waals surface area (Å²) < 4.78 is 0. The van der Waals surface area contributed by atoms with Gasteiger partial charge in [0.05, 0.1) is 5.76 Å². The Morgan fingerprint density at radius 3 is 2.50 bits per heavy atom. The van der Waals surface area contributed by atoms with Gasteiger partial charge in [0.15, 0.2) is 0 Å². The number of rotatable bonds is 2. The van der Waals surface area contributed by atoms with Gasteiger partial charge >= 0.3 is 0 Å². The van der Waals surface area contributed by atoms with Crippen molar-refractivity contribution in [3.8, 4) is 0 Å². The van der Waals surface area contributed by atoms with Gasteiger partial charge in [-0.3, -0.25) is 0 Å². The summed E-state index contributed by atoms with van der Waals surface area (Å²) in [6.45, 7) is 5.08. The Balaban J connectivity index is 3.57. The van der Waals surface area contributed by atoms with Gasteiger partial charge in [-0.1, -0.05) is 24.8 Å². The third-order valence-electron chi connectivity index (χ3n) is 0.585. The highest BCUT2D eigenvalue weighted by atomic mass is 16.3. The largest absolute Gasteiger partial charge is 0.513 e. The maximum atomic E-state index is 8.55. The van der Waals surface area contributed by atoms with E-state index in [-0.39, 0.29) is 0 Å². The second kappa shape index (κ2) is 4.19. The van der Waals surface area contributed by atoms with E-state index in [1.165, 1.54) is 0 Å². The highest BCUT2D eigenvalue weighted by Gasteiger charge is 1.68. The molecular formula is C7H10O. The van der Waals surface area contributed by atoms with E-state index in [0.717, 1.165) is 0 Å². The fraction of sp³-hybridized carbons (Fsp3) is 0.143. The maximum absolute atomic E-state index is 8.55. The molecule has 0 bridgehead atoms. The smallest absolute Gasteiger partial charge is 0.0891 e. The van der Waals surface area contributed by atoms with Crippen LogP contribution in [0.2, 0.25) is 0 Å². The van der Waals surface area contributed by atoms with Crippen molar-refractivity contribution in [2.75, 3.05) is 0 Å². The summed E-state index contributed by atoms with van der Waals surface area (Å²) in [5, 5.41) is 8.55. The molecule has 44 valence electrons. The zero-order valence-corrected chi connectivity index (χ0v) is 4.96. The van der Waals surface area contributed by atoms with E-state index in [2.05, 4.69) is 6.58 Å². The van der Waals surface area contributed by atoms with Gasteiger partial charge in [0, 0.05) is 0 Å². The molecule has 0 saturated carbocycles. The summed E-state index contributed by atoms with van der Waals surface area (Å²) in [6, 6.07) is 0. The molecule has 0 aromatic heterocycles. The molecule has 0 saturated heterocycles. The van der Waals surface area contributed by atoms with Crippen LogP contribution in [0.4, 0.5) is 0 Å². The molecule has 0 aromatic carbocycles. The van der Waals surface area contributed by atoms with Gasteiger partial charge in [0.1, 0.15) is 0 Å². The summed E-state index contributed by atoms with van der Waals surface area (Å²) in [4.78, 5) is 0. The van der Waals surface area contributed by atoms with Crippen molar-refractivity contribution in [1.29, 1.82) is 0 Å². The van der Waals surface area contributed by atoms with E-state index < -0.39 is 0 Å². The summed E-state index contributed by atoms with van der Waals surface area (Å²) >= 11 is 0. The van der Waals surface area contributed by atoms with Crippen LogP contribution in [0, 0.1) is 0 Å². The van der Waals surface area contributed by atoms with Crippen LogP contribution in [0.5, 0.6) is 0 Å². The molecule has 0 unspecified atom stereocenters. The van der Waals surface area contributed by atoms with Gasteiger partial charge in [-0.2, -0.15) is 0 Å². The van der Waals surface area contributed by atoms with Crippen molar-refractivity contribution >= 4 is 0 Å². The molecule has 0 radical (unpaired) electrons. The van der Waals surface area contributed by atoms with Crippen molar-refractivity contribution in [3.63, 3.8) is 0 Å². The van der Waals surface area contributed by atoms with E-state index in [0.29, 0.717) is 5.76 Å². The molecule has 0 heterocycles. The van der Waals surface area contributed by atoms with E-state index in [9.17, 15) is 0 Å². The van der Waals surface area contributed by atoms with Gasteiger partial charge in [0.2, 0.25) is 0 Å². The lowest BCUT2D eigenvalue weighted by molar-refractivity contribution is 0.414. The van der Waals surface area contributed by atoms with Crippen LogP contribution in [-0.4, -0.2) is 5.11 Å². The highest BCUT2D eigenvalue weighted by Crippen LogP contribution is 1.84. The molecule has 1 nitrogen and oxygen atoms in total. The standard InChI is InChI=1S/C7H10O/c1-3-4-5-6-7(2)8/h3-6,8H,1H2,2H3/b5-4-,7-6+. The second-order valence-corrected chi connectivity index (χ2v) is 1.43. The van der Waals surface area contributed by atoms with Crippen LogP contribution in [0.3, 0.4) is 0 Å². The first-order valence-corrected chi connectivity index (χ1v) is 2.42. The SMILES string of the molecule is C=C/C=C\C=C(/C)O. The fourth-order valence-corrected chi connectivity index (χ4v) is 0.273. The van der Waals surface area contributed by atoms with Crippen molar-refractivity contribution in [2.24, 2.45) is 0 Å². The lowest BCUT2D eigenvalue weighted by Crippen LogP contribution is -1.63. The zero-order valence-electron chi connectivity index (χ0n) is 4.96. The second-order valence-electron chi connectivity index (χ2n) is 1.43. The van der Waals surface area contributed by atoms with Gasteiger partial charge in [-0.15, -0.1) is 0 Å². The monoisotopic (exact) mass is 110 g/mol. The molecule has 1 N–H and O–H groups in total. The molecule has 0 aliphatic rings. The number of allylic oxidation sites excluding steroid dienone is 5. The first-order valence-electron chi connectivity index (χ1n) is 2.42. The molecule has 8 heavy (non-hydrogen) atoms. The van der Waals surface area contributed by atoms with Crippen LogP contribution in [0.15, 0.2) is 36.6 Å². The van der Waals surface area contributed by atoms with Gasteiger partial charge in [-0.05, 0) is 13.0 Å². The number of aliphatic hydroxyl groups excluding tert-OH is 1. The third kappa shape index (κ3) is 5.02. The van der Waals surface area contributed by atoms with Crippen LogP contribution < -0.4 is 0 Å². The Hall–Kier alpha value is -0.980. The fourth-order valence-electron chi connectivity index (χ4n) is 0.273. The molecular weight excluding hydrogens is 100 g/mol. The Morgan fingerprint density at radius 2 is 2.12 bits per heavy atom. The van der Waals surface area contributed by atoms with Crippen LogP contribution in [-0.2, 0) is 0 Å². The Kier molecular flexibility index (Phi) is 3.67. The summed E-state index contributed by atoms with van der Waals surface area (Å²) in [6.07, 6.45) is 6.73. The number of hydrogen-bond donors (Lipinski definition) is 1. The number of aliphatic hydroxyl groups is 1. The minimum Gasteiger partial charge on any atom is -0.513 e. The molecule has 0 aliphatic heterocycles. The van der Waals surface area contributed by atoms with Gasteiger partial charge < -0.3 is 5.11 Å². The molecule has 0 aliphatic carbocycles. The molecule has 0 fully saturated rings. The normalized spacial score (nSPS) is 12.4. The molecule has 0 aromatic rings. The highest BCUT2D eigenvalue weighted by molar-refractivity contribution is 5.10. The quantitative estimate of drug-likeness (QED) is 0.426. The zero-order chi connectivity index (χ0) is 6.41. The summed E-state index contributed by atoms with van der Waals surface area (Å²) in [7, 11) is 0. The predicted octanol–water partition coefficient (Wildman–Crippen LogP) is 2.19. The first kappa shape index (κ1) is 7.02. The topological polar surface area (TPSA) is 20.2 Å². The Morgan fingerprint density at radius 1 is 1.50 bits per heavy atom. The van der Waals surface area contributed by atoms with Crippen molar-refractivity contribution in [2.45, 2.75) is 6.92 Å². The van der Waals surface area contributed by atoms with Crippen molar-refractivity contribution in [1.82, 2.24) is 0 Å². The maximum Gasteiger partial charge on any atom is 0.0891 e. The van der Waals surface area contributed by atoms with E-state index in [1.807, 2.05) is 0 Å². The lowest BCUT2D eigenvalue weighted by atomic mass is 10.4. The number of hydrogen-bond acceptors (Lipinski definition) is 1. The molecule has 0 amide bonds. The predicted molar refractivity (Wildman–Crippen MR) is 35.7 cm³/mol. The van der Waals surface area contributed by atoms with Gasteiger partial charge in [0.25, 0.3) is 0 Å². The van der Waals surface area contributed by atoms with Gasteiger partial charge in [-0.25, -0.2) is 0 Å². The summed E-state index contributed by atoms with van der Waals surface area (Å²) in [5.74, 6) is 0.308. The van der Waals surface area contributed by atoms with Crippen LogP contribution >= 0.6 is 0 Å². The lowest BCUT2D eigenvalue weighted by Gasteiger charge is -1.78. The molecule has 0 spiro atoms. The average Bonchev–Trinajstić information content (AvgIpc) is 1.66. The minimum atomic E-state index is 0.308. The van der Waals surface area contributed by atoms with E-state index >= 15 is 0 Å². The molecule has 0 rings (SSSR count). The van der Waals surface area contributed by atoms with Crippen molar-refractivity contribution < 1.29 is 5.11 Å². The average molecular weight is 110 g/mol. The minimum absolute atomic E-state index is 0.308. The first-order chi connectivity index (χ1) is 3.77.